The van der Waals surface area contributed by atoms with Gasteiger partial charge in [0, 0.05) is 5.41 Å². The summed E-state index contributed by atoms with van der Waals surface area (Å²) in [6.07, 6.45) is 13.1. The fourth-order valence-electron chi connectivity index (χ4n) is 7.89. The lowest BCUT2D eigenvalue weighted by Crippen LogP contribution is -2.58. The number of allylic oxidation sites excluding steroid dienone is 3. The van der Waals surface area contributed by atoms with E-state index in [1.807, 2.05) is 6.08 Å². The first kappa shape index (κ1) is 27.1. The van der Waals surface area contributed by atoms with Gasteiger partial charge < -0.3 is 9.53 Å². The molecule has 0 aromatic rings. The fraction of sp³-hybridized carbons (Fsp3) is 0.767. The number of carbonyl (C=O) groups is 1. The molecule has 2 saturated carbocycles. The molecule has 5 heteroatoms. The minimum absolute atomic E-state index is 0.0302. The van der Waals surface area contributed by atoms with E-state index in [1.165, 1.54) is 5.57 Å². The Morgan fingerprint density at radius 1 is 1.14 bits per heavy atom. The molecule has 0 saturated heterocycles. The second kappa shape index (κ2) is 8.82. The van der Waals surface area contributed by atoms with Gasteiger partial charge in [0.15, 0.2) is 14.1 Å². The lowest BCUT2D eigenvalue weighted by molar-refractivity contribution is -0.129. The molecule has 2 fully saturated rings. The average molecular weight is 513 g/mol. The molecule has 7 atom stereocenters. The Balaban J connectivity index is 1.72. The van der Waals surface area contributed by atoms with E-state index >= 15 is 0 Å². The molecule has 0 radical (unpaired) electrons. The molecule has 0 aliphatic heterocycles. The molecule has 4 rings (SSSR count). The van der Waals surface area contributed by atoms with E-state index in [4.69, 9.17) is 4.43 Å². The van der Waals surface area contributed by atoms with Gasteiger partial charge in [0.05, 0.1) is 11.5 Å². The summed E-state index contributed by atoms with van der Waals surface area (Å²) in [5.74, 6) is 5.73. The van der Waals surface area contributed by atoms with E-state index in [1.54, 1.807) is 13.8 Å². The van der Waals surface area contributed by atoms with E-state index in [-0.39, 0.29) is 17.1 Å². The van der Waals surface area contributed by atoms with Crippen molar-refractivity contribution in [3.63, 3.8) is 0 Å². The first-order valence-electron chi connectivity index (χ1n) is 13.9. The van der Waals surface area contributed by atoms with Crippen LogP contribution < -0.4 is 0 Å². The predicted octanol–water partition coefficient (Wildman–Crippen LogP) is 6.76. The predicted molar refractivity (Wildman–Crippen MR) is 150 cm³/mol. The molecule has 0 aromatic carbocycles. The van der Waals surface area contributed by atoms with E-state index < -0.39 is 27.6 Å². The van der Waals surface area contributed by atoms with Gasteiger partial charge in [-0.3, -0.25) is 4.79 Å². The normalized spacial score (nSPS) is 39.2. The second-order valence-electron chi connectivity index (χ2n) is 14.4. The van der Waals surface area contributed by atoms with Gasteiger partial charge >= 0.3 is 0 Å². The van der Waals surface area contributed by atoms with E-state index in [0.717, 1.165) is 38.5 Å². The van der Waals surface area contributed by atoms with Gasteiger partial charge in [-0.2, -0.15) is 0 Å². The smallest absolute Gasteiger partial charge is 0.186 e. The van der Waals surface area contributed by atoms with Crippen molar-refractivity contribution in [1.29, 1.82) is 0 Å². The Labute approximate surface area is 216 Å². The molecule has 0 aromatic heterocycles. The molecule has 3 nitrogen and oxygen atoms in total. The number of carbonyl (C=O) groups excluding carboxylic acids is 1. The maximum absolute atomic E-state index is 12.8. The van der Waals surface area contributed by atoms with Crippen molar-refractivity contribution in [2.45, 2.75) is 110 Å². The van der Waals surface area contributed by atoms with Crippen molar-refractivity contribution in [2.24, 2.45) is 35.0 Å². The molecular weight excluding hydrogens is 464 g/mol. The lowest BCUT2D eigenvalue weighted by atomic mass is 9.48. The van der Waals surface area contributed by atoms with Gasteiger partial charge in [-0.05, 0) is 108 Å². The molecule has 0 spiro atoms. The maximum Gasteiger partial charge on any atom is 0.186 e. The summed E-state index contributed by atoms with van der Waals surface area (Å²) in [7, 11) is -3.41. The monoisotopic (exact) mass is 512 g/mol. The summed E-state index contributed by atoms with van der Waals surface area (Å²) >= 11 is 0. The van der Waals surface area contributed by atoms with Gasteiger partial charge in [-0.15, -0.1) is 5.54 Å². The summed E-state index contributed by atoms with van der Waals surface area (Å²) in [5.41, 5.74) is 3.67. The third kappa shape index (κ3) is 4.86. The van der Waals surface area contributed by atoms with Crippen LogP contribution >= 0.6 is 0 Å². The summed E-state index contributed by atoms with van der Waals surface area (Å²) in [4.78, 5) is 12.8. The Morgan fingerprint density at radius 2 is 1.83 bits per heavy atom. The standard InChI is InChI=1S/C30H48O3Si2/c1-10-29-15-13-22-23(12-11-21-19-27(31)26(20-24(21)22)28(2,3)32)25(29)14-16-30(29,33-35(7,8)9)17-18-34(4,5)6/h14,16,19,22-26,32H,10-13,15,20H2,1-9H3/t22-,23+,24-,25-,26+,29-,30+/m0/s1. The van der Waals surface area contributed by atoms with E-state index in [9.17, 15) is 9.90 Å². The van der Waals surface area contributed by atoms with Crippen molar-refractivity contribution in [2.75, 3.05) is 0 Å². The highest BCUT2D eigenvalue weighted by Crippen LogP contribution is 2.65. The van der Waals surface area contributed by atoms with Crippen LogP contribution in [0.25, 0.3) is 0 Å². The molecule has 1 N–H and O–H groups in total. The van der Waals surface area contributed by atoms with Crippen molar-refractivity contribution in [3.05, 3.63) is 23.8 Å². The minimum Gasteiger partial charge on any atom is -0.398 e. The van der Waals surface area contributed by atoms with Crippen molar-refractivity contribution < 1.29 is 14.3 Å². The molecule has 4 aliphatic carbocycles. The second-order valence-corrected chi connectivity index (χ2v) is 23.6. The summed E-state index contributed by atoms with van der Waals surface area (Å²) in [6.45, 7) is 19.8. The average Bonchev–Trinajstić information content (AvgIpc) is 3.03. The molecule has 0 heterocycles. The maximum atomic E-state index is 12.8. The van der Waals surface area contributed by atoms with Crippen molar-refractivity contribution in [3.8, 4) is 11.5 Å². The lowest BCUT2D eigenvalue weighted by Gasteiger charge is -2.58. The largest absolute Gasteiger partial charge is 0.398 e. The Morgan fingerprint density at radius 3 is 2.40 bits per heavy atom. The molecular formula is C30H48O3Si2. The zero-order valence-electron chi connectivity index (χ0n) is 23.6. The molecule has 4 aliphatic rings. The number of aliphatic hydroxyl groups is 1. The van der Waals surface area contributed by atoms with Crippen molar-refractivity contribution in [1.82, 2.24) is 0 Å². The first-order chi connectivity index (χ1) is 16.0. The Kier molecular flexibility index (Phi) is 6.83. The van der Waals surface area contributed by atoms with Crippen LogP contribution in [0.5, 0.6) is 0 Å². The zero-order chi connectivity index (χ0) is 26.0. The van der Waals surface area contributed by atoms with E-state index in [2.05, 4.69) is 69.8 Å². The van der Waals surface area contributed by atoms with Crippen LogP contribution in [0.3, 0.4) is 0 Å². The van der Waals surface area contributed by atoms with Gasteiger partial charge in [-0.1, -0.05) is 44.1 Å². The van der Waals surface area contributed by atoms with Crippen LogP contribution in [-0.4, -0.2) is 38.5 Å². The zero-order valence-corrected chi connectivity index (χ0v) is 25.6. The summed E-state index contributed by atoms with van der Waals surface area (Å²) in [5, 5.41) is 10.7. The van der Waals surface area contributed by atoms with Crippen molar-refractivity contribution >= 4 is 22.2 Å². The number of ketones is 1. The van der Waals surface area contributed by atoms with Crippen LogP contribution in [0.15, 0.2) is 23.8 Å². The molecule has 0 amide bonds. The topological polar surface area (TPSA) is 46.5 Å². The minimum atomic E-state index is -1.85. The molecule has 35 heavy (non-hydrogen) atoms. The third-order valence-corrected chi connectivity index (χ3v) is 11.2. The highest BCUT2D eigenvalue weighted by atomic mass is 28.4. The molecule has 194 valence electrons. The summed E-state index contributed by atoms with van der Waals surface area (Å²) < 4.78 is 7.12. The van der Waals surface area contributed by atoms with Crippen LogP contribution in [0, 0.1) is 46.5 Å². The number of hydrogen-bond acceptors (Lipinski definition) is 3. The molecule has 0 unspecified atom stereocenters. The highest BCUT2D eigenvalue weighted by Gasteiger charge is 2.63. The first-order valence-corrected chi connectivity index (χ1v) is 20.8. The highest BCUT2D eigenvalue weighted by molar-refractivity contribution is 6.83. The van der Waals surface area contributed by atoms with Crippen LogP contribution in [0.4, 0.5) is 0 Å². The van der Waals surface area contributed by atoms with Gasteiger partial charge in [0.25, 0.3) is 0 Å². The van der Waals surface area contributed by atoms with Gasteiger partial charge in [0.1, 0.15) is 13.7 Å². The van der Waals surface area contributed by atoms with E-state index in [0.29, 0.717) is 23.7 Å². The van der Waals surface area contributed by atoms with Crippen LogP contribution in [0.1, 0.15) is 59.3 Å². The Bertz CT molecular complexity index is 980. The SMILES string of the molecule is CC[C@]12CC[C@H]3[C@@H](CCC4=CC(=O)[C@H](C(C)(C)O)C[C@@H]43)[C@@H]1C=C[C@]2(C#C[Si](C)(C)C)O[Si](C)(C)C. The van der Waals surface area contributed by atoms with Gasteiger partial charge in [0.2, 0.25) is 0 Å². The van der Waals surface area contributed by atoms with Crippen LogP contribution in [0.2, 0.25) is 39.3 Å². The number of hydrogen-bond donors (Lipinski definition) is 1. The third-order valence-electron chi connectivity index (χ3n) is 9.35. The summed E-state index contributed by atoms with van der Waals surface area (Å²) in [6, 6.07) is 0. The Hall–Kier alpha value is -0.936. The van der Waals surface area contributed by atoms with Crippen LogP contribution in [-0.2, 0) is 9.22 Å². The molecule has 0 bridgehead atoms. The number of rotatable bonds is 4. The fourth-order valence-corrected chi connectivity index (χ4v) is 9.74. The quantitative estimate of drug-likeness (QED) is 0.257. The number of fused-ring (bicyclic) bond motifs is 5. The van der Waals surface area contributed by atoms with Gasteiger partial charge in [-0.25, -0.2) is 0 Å².